The van der Waals surface area contributed by atoms with Crippen molar-refractivity contribution in [3.05, 3.63) is 29.5 Å². The fourth-order valence-electron chi connectivity index (χ4n) is 2.36. The quantitative estimate of drug-likeness (QED) is 0.679. The number of aromatic nitrogens is 5. The first-order valence-corrected chi connectivity index (χ1v) is 7.42. The molecule has 0 fully saturated rings. The molecule has 3 aromatic heterocycles. The van der Waals surface area contributed by atoms with Gasteiger partial charge in [-0.1, -0.05) is 0 Å². The second kappa shape index (κ2) is 6.54. The van der Waals surface area contributed by atoms with Gasteiger partial charge in [0, 0.05) is 6.20 Å². The van der Waals surface area contributed by atoms with E-state index in [1.54, 1.807) is 17.1 Å². The van der Waals surface area contributed by atoms with Gasteiger partial charge in [0.15, 0.2) is 0 Å². The van der Waals surface area contributed by atoms with Gasteiger partial charge in [0.05, 0.1) is 42.7 Å². The molecular weight excluding hydrogens is 313 g/mol. The normalized spacial score (nSPS) is 10.8. The predicted octanol–water partition coefficient (Wildman–Crippen LogP) is 3.13. The minimum Gasteiger partial charge on any atom is -0.478 e. The Bertz CT molecular complexity index is 909. The highest BCUT2D eigenvalue weighted by Crippen LogP contribution is 2.33. The van der Waals surface area contributed by atoms with Gasteiger partial charge in [0.25, 0.3) is 0 Å². The number of anilines is 2. The number of ether oxygens (including phenoxy) is 1. The number of hydrogen-bond donors (Lipinski definition) is 2. The average Bonchev–Trinajstić information content (AvgIpc) is 3.14. The summed E-state index contributed by atoms with van der Waals surface area (Å²) in [7, 11) is 0. The van der Waals surface area contributed by atoms with Crippen LogP contribution >= 0.6 is 0 Å². The van der Waals surface area contributed by atoms with Crippen molar-refractivity contribution in [1.29, 1.82) is 0 Å². The number of nitrogens with one attached hydrogen (secondary N) is 2. The van der Waals surface area contributed by atoms with Crippen LogP contribution in [-0.2, 0) is 6.54 Å². The first-order chi connectivity index (χ1) is 11.7. The maximum Gasteiger partial charge on any atom is 0.232 e. The summed E-state index contributed by atoms with van der Waals surface area (Å²) < 4.78 is 19.6. The van der Waals surface area contributed by atoms with E-state index in [1.165, 1.54) is 0 Å². The first-order valence-electron chi connectivity index (χ1n) is 7.42. The maximum atomic E-state index is 12.5. The molecule has 3 rings (SSSR count). The summed E-state index contributed by atoms with van der Waals surface area (Å²) in [4.78, 5) is 15.1. The highest BCUT2D eigenvalue weighted by molar-refractivity contribution is 5.95. The van der Waals surface area contributed by atoms with E-state index in [0.717, 1.165) is 5.69 Å². The summed E-state index contributed by atoms with van der Waals surface area (Å²) in [6.45, 7) is 11.0. The summed E-state index contributed by atoms with van der Waals surface area (Å²) in [6.07, 6.45) is 3.17. The molecule has 0 aliphatic heterocycles. The van der Waals surface area contributed by atoms with Gasteiger partial charge in [0.1, 0.15) is 12.3 Å². The van der Waals surface area contributed by atoms with Crippen LogP contribution in [-0.4, -0.2) is 38.0 Å². The second-order valence-corrected chi connectivity index (χ2v) is 4.98. The Morgan fingerprint density at radius 3 is 3.00 bits per heavy atom. The lowest BCUT2D eigenvalue weighted by Crippen LogP contribution is -2.05. The zero-order valence-electron chi connectivity index (χ0n) is 13.3. The molecule has 124 valence electrons. The van der Waals surface area contributed by atoms with Gasteiger partial charge in [-0.25, -0.2) is 9.24 Å². The van der Waals surface area contributed by atoms with Crippen LogP contribution in [0.5, 0.6) is 5.88 Å². The van der Waals surface area contributed by atoms with Gasteiger partial charge in [0.2, 0.25) is 17.5 Å². The van der Waals surface area contributed by atoms with E-state index in [4.69, 9.17) is 11.3 Å². The third-order valence-corrected chi connectivity index (χ3v) is 3.53. The van der Waals surface area contributed by atoms with Crippen LogP contribution in [0, 0.1) is 13.5 Å². The van der Waals surface area contributed by atoms with Crippen LogP contribution in [0.15, 0.2) is 12.4 Å². The third-order valence-electron chi connectivity index (χ3n) is 3.53. The lowest BCUT2D eigenvalue weighted by atomic mass is 10.3. The molecule has 3 heterocycles. The number of nitrogens with zero attached hydrogens (tertiary/aromatic N) is 5. The minimum atomic E-state index is -0.485. The summed E-state index contributed by atoms with van der Waals surface area (Å²) in [5.41, 5.74) is 2.38. The molecular formula is C15H16FN7O. The average molecular weight is 329 g/mol. The van der Waals surface area contributed by atoms with E-state index >= 15 is 0 Å². The topological polar surface area (TPSA) is 85.0 Å². The molecule has 24 heavy (non-hydrogen) atoms. The van der Waals surface area contributed by atoms with E-state index in [0.29, 0.717) is 40.8 Å². The Hall–Kier alpha value is -3.15. The summed E-state index contributed by atoms with van der Waals surface area (Å²) >= 11 is 0. The lowest BCUT2D eigenvalue weighted by Gasteiger charge is -2.09. The molecule has 0 saturated heterocycles. The van der Waals surface area contributed by atoms with Crippen LogP contribution in [0.25, 0.3) is 15.9 Å². The number of alkyl halides is 1. The van der Waals surface area contributed by atoms with E-state index < -0.39 is 6.67 Å². The van der Waals surface area contributed by atoms with Crippen LogP contribution in [0.1, 0.15) is 12.6 Å². The van der Waals surface area contributed by atoms with Crippen molar-refractivity contribution in [2.24, 2.45) is 0 Å². The van der Waals surface area contributed by atoms with Crippen LogP contribution < -0.4 is 10.1 Å². The molecule has 0 saturated carbocycles. The molecule has 0 aromatic carbocycles. The molecule has 3 aromatic rings. The zero-order valence-corrected chi connectivity index (χ0v) is 13.3. The molecule has 0 unspecified atom stereocenters. The highest BCUT2D eigenvalue weighted by Gasteiger charge is 2.16. The standard InChI is InChI=1S/C15H16FN7O/c1-4-24-14-12-11(17-3)7-18-13(12)21-15(22-14)20-10-8-19-23(6-5-16)9(10)2/h7-8H,4-6H2,1-2H3,(H2,18,20,21,22). The molecule has 2 N–H and O–H groups in total. The molecule has 0 aliphatic carbocycles. The number of rotatable bonds is 6. The van der Waals surface area contributed by atoms with Crippen molar-refractivity contribution in [1.82, 2.24) is 24.7 Å². The minimum absolute atomic E-state index is 0.197. The lowest BCUT2D eigenvalue weighted by molar-refractivity contribution is 0.331. The zero-order chi connectivity index (χ0) is 17.1. The summed E-state index contributed by atoms with van der Waals surface area (Å²) in [5.74, 6) is 0.651. The van der Waals surface area contributed by atoms with Crippen molar-refractivity contribution >= 4 is 28.4 Å². The number of aromatic amines is 1. The Labute approximate surface area is 137 Å². The number of hydrogen-bond acceptors (Lipinski definition) is 5. The molecule has 0 radical (unpaired) electrons. The van der Waals surface area contributed by atoms with Gasteiger partial charge < -0.3 is 15.0 Å². The molecule has 0 spiro atoms. The largest absolute Gasteiger partial charge is 0.478 e. The smallest absolute Gasteiger partial charge is 0.232 e. The number of fused-ring (bicyclic) bond motifs is 1. The van der Waals surface area contributed by atoms with Gasteiger partial charge >= 0.3 is 0 Å². The van der Waals surface area contributed by atoms with Crippen LogP contribution in [0.3, 0.4) is 0 Å². The van der Waals surface area contributed by atoms with E-state index in [1.807, 2.05) is 13.8 Å². The molecule has 9 heteroatoms. The van der Waals surface area contributed by atoms with Crippen LogP contribution in [0.4, 0.5) is 21.7 Å². The van der Waals surface area contributed by atoms with E-state index in [2.05, 4.69) is 30.2 Å². The molecule has 8 nitrogen and oxygen atoms in total. The SMILES string of the molecule is [C-]#[N+]c1c[nH]c2nc(Nc3cnn(CCF)c3C)nc(OCC)c12. The molecule has 0 amide bonds. The predicted molar refractivity (Wildman–Crippen MR) is 87.5 cm³/mol. The van der Waals surface area contributed by atoms with E-state index in [9.17, 15) is 4.39 Å². The second-order valence-electron chi connectivity index (χ2n) is 4.98. The van der Waals surface area contributed by atoms with Gasteiger partial charge in [-0.15, -0.1) is 0 Å². The van der Waals surface area contributed by atoms with Gasteiger partial charge in [-0.3, -0.25) is 4.68 Å². The Morgan fingerprint density at radius 1 is 1.46 bits per heavy atom. The highest BCUT2D eigenvalue weighted by atomic mass is 19.1. The maximum absolute atomic E-state index is 12.5. The number of H-pyrrole nitrogens is 1. The Kier molecular flexibility index (Phi) is 4.29. The molecule has 0 atom stereocenters. The first kappa shape index (κ1) is 15.7. The summed E-state index contributed by atoms with van der Waals surface area (Å²) in [5, 5.41) is 7.74. The van der Waals surface area contributed by atoms with Crippen molar-refractivity contribution in [3.8, 4) is 5.88 Å². The fraction of sp³-hybridized carbons (Fsp3) is 0.333. The Morgan fingerprint density at radius 2 is 2.29 bits per heavy atom. The molecule has 0 aliphatic rings. The number of halogens is 1. The van der Waals surface area contributed by atoms with Crippen molar-refractivity contribution in [2.75, 3.05) is 18.6 Å². The monoisotopic (exact) mass is 329 g/mol. The Balaban J connectivity index is 2.00. The van der Waals surface area contributed by atoms with Crippen molar-refractivity contribution in [2.45, 2.75) is 20.4 Å². The van der Waals surface area contributed by atoms with Crippen molar-refractivity contribution in [3.63, 3.8) is 0 Å². The van der Waals surface area contributed by atoms with Crippen LogP contribution in [0.2, 0.25) is 0 Å². The van der Waals surface area contributed by atoms with Gasteiger partial charge in [-0.2, -0.15) is 15.1 Å². The third kappa shape index (κ3) is 2.74. The van der Waals surface area contributed by atoms with E-state index in [-0.39, 0.29) is 6.54 Å². The van der Waals surface area contributed by atoms with Crippen molar-refractivity contribution < 1.29 is 9.13 Å². The summed E-state index contributed by atoms with van der Waals surface area (Å²) in [6, 6.07) is 0. The fourth-order valence-corrected chi connectivity index (χ4v) is 2.36. The molecule has 0 bridgehead atoms. The number of aryl methyl sites for hydroxylation is 1. The van der Waals surface area contributed by atoms with Gasteiger partial charge in [-0.05, 0) is 13.8 Å².